The van der Waals surface area contributed by atoms with Gasteiger partial charge in [0.2, 0.25) is 5.91 Å². The van der Waals surface area contributed by atoms with E-state index in [-0.39, 0.29) is 23.6 Å². The van der Waals surface area contributed by atoms with Gasteiger partial charge in [-0.15, -0.1) is 0 Å². The molecule has 0 radical (unpaired) electrons. The Kier molecular flexibility index (Phi) is 6.57. The summed E-state index contributed by atoms with van der Waals surface area (Å²) in [5.74, 6) is -0.196. The number of esters is 1. The fourth-order valence-corrected chi connectivity index (χ4v) is 3.48. The Morgan fingerprint density at radius 2 is 1.96 bits per heavy atom. The fraction of sp³-hybridized carbons (Fsp3) is 0.600. The zero-order chi connectivity index (χ0) is 18.4. The number of benzene rings is 1. The van der Waals surface area contributed by atoms with E-state index >= 15 is 0 Å². The molecule has 0 spiro atoms. The van der Waals surface area contributed by atoms with Gasteiger partial charge in [0.1, 0.15) is 5.82 Å². The van der Waals surface area contributed by atoms with Crippen LogP contribution in [0.15, 0.2) is 24.3 Å². The molecule has 1 aromatic rings. The predicted molar refractivity (Wildman–Crippen MR) is 94.4 cm³/mol. The molecule has 1 unspecified atom stereocenters. The quantitative estimate of drug-likeness (QED) is 0.738. The van der Waals surface area contributed by atoms with E-state index in [4.69, 9.17) is 4.74 Å². The molecule has 0 bridgehead atoms. The zero-order valence-corrected chi connectivity index (χ0v) is 15.4. The molecule has 0 saturated carbocycles. The van der Waals surface area contributed by atoms with Crippen molar-refractivity contribution in [3.05, 3.63) is 35.6 Å². The Morgan fingerprint density at radius 3 is 2.56 bits per heavy atom. The lowest BCUT2D eigenvalue weighted by atomic mass is 9.75. The van der Waals surface area contributed by atoms with Crippen molar-refractivity contribution in [2.24, 2.45) is 11.3 Å². The van der Waals surface area contributed by atoms with Gasteiger partial charge in [-0.05, 0) is 49.8 Å². The van der Waals surface area contributed by atoms with E-state index in [0.717, 1.165) is 12.0 Å². The molecule has 1 aromatic carbocycles. The second-order valence-corrected chi connectivity index (χ2v) is 7.32. The summed E-state index contributed by atoms with van der Waals surface area (Å²) >= 11 is 0. The number of likely N-dealkylation sites (tertiary alicyclic amines) is 1. The van der Waals surface area contributed by atoms with Crippen LogP contribution >= 0.6 is 0 Å². The van der Waals surface area contributed by atoms with E-state index in [1.165, 1.54) is 12.1 Å². The number of ether oxygens (including phenoxy) is 1. The fourth-order valence-electron chi connectivity index (χ4n) is 3.48. The van der Waals surface area contributed by atoms with Crippen LogP contribution in [0.3, 0.4) is 0 Å². The molecule has 1 amide bonds. The number of rotatable bonds is 6. The van der Waals surface area contributed by atoms with Crippen LogP contribution in [0.25, 0.3) is 0 Å². The van der Waals surface area contributed by atoms with Gasteiger partial charge in [-0.2, -0.15) is 0 Å². The minimum atomic E-state index is -0.751. The summed E-state index contributed by atoms with van der Waals surface area (Å²) < 4.78 is 18.5. The minimum absolute atomic E-state index is 0.0856. The smallest absolute Gasteiger partial charge is 0.314 e. The highest BCUT2D eigenvalue weighted by molar-refractivity contribution is 5.81. The van der Waals surface area contributed by atoms with Crippen molar-refractivity contribution in [2.75, 3.05) is 19.7 Å². The summed E-state index contributed by atoms with van der Waals surface area (Å²) in [5, 5.41) is 0. The molecule has 5 heteroatoms. The Hall–Kier alpha value is -1.91. The van der Waals surface area contributed by atoms with Gasteiger partial charge < -0.3 is 9.64 Å². The molecule has 1 heterocycles. The van der Waals surface area contributed by atoms with Crippen LogP contribution in [0.4, 0.5) is 4.39 Å². The van der Waals surface area contributed by atoms with Gasteiger partial charge in [-0.1, -0.05) is 26.0 Å². The van der Waals surface area contributed by atoms with Crippen molar-refractivity contribution < 1.29 is 18.7 Å². The summed E-state index contributed by atoms with van der Waals surface area (Å²) in [4.78, 5) is 27.0. The van der Waals surface area contributed by atoms with Gasteiger partial charge in [0.25, 0.3) is 0 Å². The lowest BCUT2D eigenvalue weighted by Gasteiger charge is -2.41. The van der Waals surface area contributed by atoms with Crippen molar-refractivity contribution in [3.8, 4) is 0 Å². The third-order valence-corrected chi connectivity index (χ3v) is 4.68. The molecule has 138 valence electrons. The van der Waals surface area contributed by atoms with Crippen LogP contribution in [0.5, 0.6) is 0 Å². The average molecular weight is 349 g/mol. The first-order valence-electron chi connectivity index (χ1n) is 9.06. The Labute approximate surface area is 149 Å². The molecule has 1 saturated heterocycles. The van der Waals surface area contributed by atoms with Gasteiger partial charge in [0.05, 0.1) is 12.0 Å². The molecule has 0 aromatic heterocycles. The first-order chi connectivity index (χ1) is 11.9. The highest BCUT2D eigenvalue weighted by Crippen LogP contribution is 2.36. The number of amides is 1. The Morgan fingerprint density at radius 1 is 1.28 bits per heavy atom. The molecule has 1 atom stereocenters. The van der Waals surface area contributed by atoms with Crippen LogP contribution in [0.2, 0.25) is 0 Å². The van der Waals surface area contributed by atoms with Crippen molar-refractivity contribution in [3.63, 3.8) is 0 Å². The normalized spacial score (nSPS) is 20.6. The summed E-state index contributed by atoms with van der Waals surface area (Å²) in [6, 6.07) is 6.20. The van der Waals surface area contributed by atoms with Crippen molar-refractivity contribution in [2.45, 2.75) is 46.5 Å². The van der Waals surface area contributed by atoms with E-state index in [1.807, 2.05) is 13.8 Å². The lowest BCUT2D eigenvalue weighted by molar-refractivity contribution is -0.160. The number of carbonyl (C=O) groups excluding carboxylic acids is 2. The molecule has 2 rings (SSSR count). The Balaban J connectivity index is 2.23. The summed E-state index contributed by atoms with van der Waals surface area (Å²) in [6.07, 6.45) is 2.38. The van der Waals surface area contributed by atoms with Gasteiger partial charge in [-0.3, -0.25) is 9.59 Å². The van der Waals surface area contributed by atoms with Crippen molar-refractivity contribution >= 4 is 11.9 Å². The van der Waals surface area contributed by atoms with E-state index < -0.39 is 5.41 Å². The van der Waals surface area contributed by atoms with E-state index in [2.05, 4.69) is 0 Å². The molecular weight excluding hydrogens is 321 g/mol. The number of piperidine rings is 1. The summed E-state index contributed by atoms with van der Waals surface area (Å²) in [6.45, 7) is 7.17. The number of nitrogens with zero attached hydrogens (tertiary/aromatic N) is 1. The van der Waals surface area contributed by atoms with Crippen LogP contribution in [0, 0.1) is 17.2 Å². The molecule has 0 aliphatic carbocycles. The van der Waals surface area contributed by atoms with Gasteiger partial charge in [0, 0.05) is 19.5 Å². The molecule has 1 aliphatic rings. The van der Waals surface area contributed by atoms with Gasteiger partial charge >= 0.3 is 5.97 Å². The summed E-state index contributed by atoms with van der Waals surface area (Å²) in [7, 11) is 0. The molecular formula is C20H28FNO3. The van der Waals surface area contributed by atoms with E-state index in [9.17, 15) is 14.0 Å². The van der Waals surface area contributed by atoms with Crippen LogP contribution in [-0.2, 0) is 20.7 Å². The number of halogens is 1. The van der Waals surface area contributed by atoms with Gasteiger partial charge in [0.15, 0.2) is 0 Å². The molecule has 1 aliphatic heterocycles. The maximum Gasteiger partial charge on any atom is 0.314 e. The third-order valence-electron chi connectivity index (χ3n) is 4.68. The third kappa shape index (κ3) is 5.03. The molecule has 25 heavy (non-hydrogen) atoms. The first kappa shape index (κ1) is 19.4. The highest BCUT2D eigenvalue weighted by Gasteiger charge is 2.44. The van der Waals surface area contributed by atoms with Gasteiger partial charge in [-0.25, -0.2) is 4.39 Å². The standard InChI is InChI=1S/C20H28FNO3/c1-4-25-19(24)20(13-16-6-8-17(21)9-7-16)10-5-11-22(14-20)18(23)12-15(2)3/h6-9,15H,4-5,10-14H2,1-3H3. The average Bonchev–Trinajstić information content (AvgIpc) is 2.57. The number of hydrogen-bond donors (Lipinski definition) is 0. The van der Waals surface area contributed by atoms with E-state index in [1.54, 1.807) is 24.0 Å². The molecule has 4 nitrogen and oxygen atoms in total. The second-order valence-electron chi connectivity index (χ2n) is 7.32. The van der Waals surface area contributed by atoms with Crippen molar-refractivity contribution in [1.29, 1.82) is 0 Å². The lowest BCUT2D eigenvalue weighted by Crippen LogP contribution is -2.51. The highest BCUT2D eigenvalue weighted by atomic mass is 19.1. The number of carbonyl (C=O) groups is 2. The van der Waals surface area contributed by atoms with Crippen LogP contribution in [0.1, 0.15) is 45.6 Å². The molecule has 1 fully saturated rings. The Bertz CT molecular complexity index is 599. The largest absolute Gasteiger partial charge is 0.466 e. The predicted octanol–water partition coefficient (Wildman–Crippen LogP) is 3.59. The molecule has 0 N–H and O–H groups in total. The minimum Gasteiger partial charge on any atom is -0.466 e. The maximum atomic E-state index is 13.2. The maximum absolute atomic E-state index is 13.2. The van der Waals surface area contributed by atoms with Crippen molar-refractivity contribution in [1.82, 2.24) is 4.90 Å². The van der Waals surface area contributed by atoms with Crippen LogP contribution in [-0.4, -0.2) is 36.5 Å². The monoisotopic (exact) mass is 349 g/mol. The number of hydrogen-bond acceptors (Lipinski definition) is 3. The SMILES string of the molecule is CCOC(=O)C1(Cc2ccc(F)cc2)CCCN(C(=O)CC(C)C)C1. The second kappa shape index (κ2) is 8.45. The first-order valence-corrected chi connectivity index (χ1v) is 9.06. The van der Waals surface area contributed by atoms with Crippen LogP contribution < -0.4 is 0 Å². The zero-order valence-electron chi connectivity index (χ0n) is 15.4. The summed E-state index contributed by atoms with van der Waals surface area (Å²) in [5.41, 5.74) is 0.131. The topological polar surface area (TPSA) is 46.6 Å². The van der Waals surface area contributed by atoms with E-state index in [0.29, 0.717) is 39.0 Å².